The van der Waals surface area contributed by atoms with Crippen LogP contribution in [0.15, 0.2) is 48.5 Å². The van der Waals surface area contributed by atoms with Gasteiger partial charge < -0.3 is 14.4 Å². The lowest BCUT2D eigenvalue weighted by atomic mass is 9.87. The molecule has 2 aromatic rings. The molecule has 0 fully saturated rings. The van der Waals surface area contributed by atoms with Gasteiger partial charge in [0.1, 0.15) is 18.1 Å². The molecule has 0 aliphatic rings. The van der Waals surface area contributed by atoms with Gasteiger partial charge in [0.2, 0.25) is 0 Å². The van der Waals surface area contributed by atoms with Gasteiger partial charge in [-0.25, -0.2) is 0 Å². The van der Waals surface area contributed by atoms with E-state index < -0.39 is 0 Å². The standard InChI is InChI=1S/C16H27NO.C15H24O/c1-6-17(7-2)12-13-18-15-10-8-14(9-11-15)16(3,4)5;1-5-6-7-12-16-14-10-8-13(9-11-14)15(2,3)4/h8-11H,6-7,12-13H2,1-5H3;8-11H,5-7,12H2,1-4H3. The summed E-state index contributed by atoms with van der Waals surface area (Å²) in [7, 11) is 0. The van der Waals surface area contributed by atoms with Gasteiger partial charge in [0.15, 0.2) is 0 Å². The first-order chi connectivity index (χ1) is 16.0. The van der Waals surface area contributed by atoms with Gasteiger partial charge in [0, 0.05) is 6.54 Å². The van der Waals surface area contributed by atoms with Crippen LogP contribution in [0, 0.1) is 0 Å². The number of ether oxygens (including phenoxy) is 2. The lowest BCUT2D eigenvalue weighted by Gasteiger charge is -2.20. The van der Waals surface area contributed by atoms with Crippen molar-refractivity contribution in [3.63, 3.8) is 0 Å². The van der Waals surface area contributed by atoms with Crippen LogP contribution >= 0.6 is 0 Å². The fourth-order valence-electron chi connectivity index (χ4n) is 3.48. The van der Waals surface area contributed by atoms with Crippen LogP contribution in [0.4, 0.5) is 0 Å². The first-order valence-corrected chi connectivity index (χ1v) is 13.2. The number of rotatable bonds is 11. The molecule has 0 saturated heterocycles. The van der Waals surface area contributed by atoms with E-state index in [0.29, 0.717) is 0 Å². The fourth-order valence-corrected chi connectivity index (χ4v) is 3.48. The number of hydrogen-bond acceptors (Lipinski definition) is 3. The molecular formula is C31H51NO2. The van der Waals surface area contributed by atoms with E-state index in [1.807, 2.05) is 0 Å². The van der Waals surface area contributed by atoms with E-state index in [0.717, 1.165) is 50.8 Å². The van der Waals surface area contributed by atoms with E-state index in [9.17, 15) is 0 Å². The van der Waals surface area contributed by atoms with E-state index in [2.05, 4.69) is 116 Å². The quantitative estimate of drug-likeness (QED) is 0.309. The summed E-state index contributed by atoms with van der Waals surface area (Å²) in [4.78, 5) is 2.36. The smallest absolute Gasteiger partial charge is 0.119 e. The van der Waals surface area contributed by atoms with Gasteiger partial charge in [-0.2, -0.15) is 0 Å². The van der Waals surface area contributed by atoms with E-state index in [4.69, 9.17) is 9.47 Å². The van der Waals surface area contributed by atoms with Gasteiger partial charge in [-0.15, -0.1) is 0 Å². The lowest BCUT2D eigenvalue weighted by molar-refractivity contribution is 0.223. The zero-order valence-electron chi connectivity index (χ0n) is 23.5. The number of hydrogen-bond donors (Lipinski definition) is 0. The summed E-state index contributed by atoms with van der Waals surface area (Å²) in [5.74, 6) is 1.96. The first-order valence-electron chi connectivity index (χ1n) is 13.2. The van der Waals surface area contributed by atoms with Crippen LogP contribution < -0.4 is 9.47 Å². The van der Waals surface area contributed by atoms with Crippen LogP contribution in [0.1, 0.15) is 92.7 Å². The maximum absolute atomic E-state index is 5.77. The number of likely N-dealkylation sites (N-methyl/N-ethyl adjacent to an activating group) is 1. The van der Waals surface area contributed by atoms with Gasteiger partial charge in [-0.3, -0.25) is 0 Å². The molecule has 3 nitrogen and oxygen atoms in total. The van der Waals surface area contributed by atoms with Crippen LogP contribution in [-0.4, -0.2) is 37.7 Å². The molecule has 0 amide bonds. The highest BCUT2D eigenvalue weighted by Gasteiger charge is 2.13. The molecule has 0 N–H and O–H groups in total. The van der Waals surface area contributed by atoms with E-state index in [1.165, 1.54) is 24.0 Å². The average Bonchev–Trinajstić information content (AvgIpc) is 2.79. The summed E-state index contributed by atoms with van der Waals surface area (Å²) in [5.41, 5.74) is 3.13. The summed E-state index contributed by atoms with van der Waals surface area (Å²) in [6.07, 6.45) is 3.64. The predicted molar refractivity (Wildman–Crippen MR) is 149 cm³/mol. The normalized spacial score (nSPS) is 11.7. The van der Waals surface area contributed by atoms with E-state index in [1.54, 1.807) is 0 Å². The second-order valence-corrected chi connectivity index (χ2v) is 11.0. The Kier molecular flexibility index (Phi) is 13.3. The third kappa shape index (κ3) is 11.9. The molecule has 0 saturated carbocycles. The molecule has 0 radical (unpaired) electrons. The van der Waals surface area contributed by atoms with Gasteiger partial charge in [-0.1, -0.05) is 99.4 Å². The van der Waals surface area contributed by atoms with Crippen molar-refractivity contribution in [3.05, 3.63) is 59.7 Å². The Balaban J connectivity index is 0.000000342. The van der Waals surface area contributed by atoms with E-state index >= 15 is 0 Å². The van der Waals surface area contributed by atoms with Crippen LogP contribution in [0.5, 0.6) is 11.5 Å². The summed E-state index contributed by atoms with van der Waals surface area (Å²) < 4.78 is 11.4. The fraction of sp³-hybridized carbons (Fsp3) is 0.613. The SMILES string of the molecule is CCCCCOc1ccc(C(C)(C)C)cc1.CCN(CC)CCOc1ccc(C(C)(C)C)cc1. The predicted octanol–water partition coefficient (Wildman–Crippen LogP) is 8.26. The topological polar surface area (TPSA) is 21.7 Å². The number of unbranched alkanes of at least 4 members (excludes halogenated alkanes) is 2. The summed E-state index contributed by atoms with van der Waals surface area (Å²) in [6.45, 7) is 24.7. The Labute approximate surface area is 210 Å². The van der Waals surface area contributed by atoms with Crippen molar-refractivity contribution >= 4 is 0 Å². The second kappa shape index (κ2) is 15.1. The Morgan fingerprint density at radius 2 is 1.00 bits per heavy atom. The van der Waals surface area contributed by atoms with Crippen molar-refractivity contribution in [3.8, 4) is 11.5 Å². The zero-order valence-corrected chi connectivity index (χ0v) is 23.5. The lowest BCUT2D eigenvalue weighted by Crippen LogP contribution is -2.27. The second-order valence-electron chi connectivity index (χ2n) is 11.0. The van der Waals surface area contributed by atoms with Crippen molar-refractivity contribution < 1.29 is 9.47 Å². The van der Waals surface area contributed by atoms with Gasteiger partial charge in [0.25, 0.3) is 0 Å². The first kappa shape index (κ1) is 30.0. The van der Waals surface area contributed by atoms with Crippen LogP contribution in [0.25, 0.3) is 0 Å². The minimum absolute atomic E-state index is 0.208. The minimum atomic E-state index is 0.208. The minimum Gasteiger partial charge on any atom is -0.494 e. The summed E-state index contributed by atoms with van der Waals surface area (Å²) >= 11 is 0. The van der Waals surface area contributed by atoms with E-state index in [-0.39, 0.29) is 10.8 Å². The van der Waals surface area contributed by atoms with Crippen LogP contribution in [-0.2, 0) is 10.8 Å². The Bertz CT molecular complexity index is 763. The molecule has 0 aliphatic heterocycles. The maximum Gasteiger partial charge on any atom is 0.119 e. The average molecular weight is 470 g/mol. The van der Waals surface area contributed by atoms with Crippen LogP contribution in [0.2, 0.25) is 0 Å². The zero-order chi connectivity index (χ0) is 25.6. The molecule has 0 atom stereocenters. The van der Waals surface area contributed by atoms with Gasteiger partial charge in [-0.05, 0) is 65.7 Å². The third-order valence-corrected chi connectivity index (χ3v) is 6.03. The summed E-state index contributed by atoms with van der Waals surface area (Å²) in [6, 6.07) is 16.9. The molecule has 0 bridgehead atoms. The molecule has 2 rings (SSSR count). The molecule has 34 heavy (non-hydrogen) atoms. The highest BCUT2D eigenvalue weighted by atomic mass is 16.5. The Hall–Kier alpha value is -2.00. The Morgan fingerprint density at radius 1 is 0.588 bits per heavy atom. The summed E-state index contributed by atoms with van der Waals surface area (Å²) in [5, 5.41) is 0. The van der Waals surface area contributed by atoms with Crippen molar-refractivity contribution in [1.82, 2.24) is 4.90 Å². The van der Waals surface area contributed by atoms with Crippen molar-refractivity contribution in [2.75, 3.05) is 32.8 Å². The highest BCUT2D eigenvalue weighted by molar-refractivity contribution is 5.31. The molecule has 0 spiro atoms. The number of nitrogens with zero attached hydrogens (tertiary/aromatic N) is 1. The monoisotopic (exact) mass is 469 g/mol. The molecule has 0 heterocycles. The van der Waals surface area contributed by atoms with Crippen molar-refractivity contribution in [2.45, 2.75) is 92.4 Å². The highest BCUT2D eigenvalue weighted by Crippen LogP contribution is 2.25. The Morgan fingerprint density at radius 3 is 1.35 bits per heavy atom. The number of benzene rings is 2. The molecule has 192 valence electrons. The van der Waals surface area contributed by atoms with Crippen molar-refractivity contribution in [1.29, 1.82) is 0 Å². The molecule has 2 aromatic carbocycles. The molecule has 3 heteroatoms. The third-order valence-electron chi connectivity index (χ3n) is 6.03. The van der Waals surface area contributed by atoms with Crippen molar-refractivity contribution in [2.24, 2.45) is 0 Å². The molecule has 0 aromatic heterocycles. The van der Waals surface area contributed by atoms with Gasteiger partial charge >= 0.3 is 0 Å². The molecular weight excluding hydrogens is 418 g/mol. The molecule has 0 unspecified atom stereocenters. The van der Waals surface area contributed by atoms with Gasteiger partial charge in [0.05, 0.1) is 6.61 Å². The molecule has 0 aliphatic carbocycles. The van der Waals surface area contributed by atoms with Crippen LogP contribution in [0.3, 0.4) is 0 Å². The maximum atomic E-state index is 5.77. The largest absolute Gasteiger partial charge is 0.494 e.